The quantitative estimate of drug-likeness (QED) is 0.861. The number of pyridine rings is 1. The van der Waals surface area contributed by atoms with Crippen molar-refractivity contribution >= 4 is 11.8 Å². The largest absolute Gasteiger partial charge is 0.440 e. The van der Waals surface area contributed by atoms with E-state index in [0.717, 1.165) is 10.6 Å². The molecule has 0 aromatic carbocycles. The van der Waals surface area contributed by atoms with E-state index in [-0.39, 0.29) is 6.04 Å². The highest BCUT2D eigenvalue weighted by Crippen LogP contribution is 2.24. The van der Waals surface area contributed by atoms with E-state index < -0.39 is 0 Å². The van der Waals surface area contributed by atoms with Crippen LogP contribution >= 0.6 is 11.8 Å². The highest BCUT2D eigenvalue weighted by molar-refractivity contribution is 7.99. The standard InChI is InChI=1S/C10H11N3OS/c1-7(11)8-2-3-9(13-6-8)15-10-12-4-5-14-10/h2-7H,11H2,1H3/t7-/m1/s1. The number of aromatic nitrogens is 2. The Bertz CT molecular complexity index is 411. The van der Waals surface area contributed by atoms with Gasteiger partial charge in [0, 0.05) is 12.2 Å². The van der Waals surface area contributed by atoms with Gasteiger partial charge in [0.25, 0.3) is 5.22 Å². The van der Waals surface area contributed by atoms with E-state index in [1.165, 1.54) is 11.8 Å². The molecule has 4 nitrogen and oxygen atoms in total. The predicted molar refractivity (Wildman–Crippen MR) is 57.5 cm³/mol. The molecule has 2 N–H and O–H groups in total. The normalized spacial score (nSPS) is 12.7. The van der Waals surface area contributed by atoms with Crippen molar-refractivity contribution in [1.82, 2.24) is 9.97 Å². The van der Waals surface area contributed by atoms with Crippen LogP contribution in [0.25, 0.3) is 0 Å². The first-order chi connectivity index (χ1) is 7.25. The Morgan fingerprint density at radius 1 is 1.40 bits per heavy atom. The summed E-state index contributed by atoms with van der Waals surface area (Å²) >= 11 is 1.38. The minimum absolute atomic E-state index is 0.0123. The van der Waals surface area contributed by atoms with Crippen molar-refractivity contribution in [1.29, 1.82) is 0 Å². The fourth-order valence-electron chi connectivity index (χ4n) is 1.07. The lowest BCUT2D eigenvalue weighted by atomic mass is 10.2. The van der Waals surface area contributed by atoms with Gasteiger partial charge in [0.05, 0.1) is 6.20 Å². The van der Waals surface area contributed by atoms with Gasteiger partial charge in [0.2, 0.25) is 0 Å². The molecule has 2 heterocycles. The second-order valence-electron chi connectivity index (χ2n) is 3.12. The first-order valence-corrected chi connectivity index (χ1v) is 5.36. The molecule has 0 unspecified atom stereocenters. The van der Waals surface area contributed by atoms with E-state index in [1.807, 2.05) is 19.1 Å². The van der Waals surface area contributed by atoms with E-state index in [2.05, 4.69) is 9.97 Å². The smallest absolute Gasteiger partial charge is 0.261 e. The highest BCUT2D eigenvalue weighted by Gasteiger charge is 2.04. The van der Waals surface area contributed by atoms with E-state index >= 15 is 0 Å². The summed E-state index contributed by atoms with van der Waals surface area (Å²) in [4.78, 5) is 8.26. The molecule has 0 bridgehead atoms. The number of nitrogens with two attached hydrogens (primary N) is 1. The predicted octanol–water partition coefficient (Wildman–Crippen LogP) is 2.24. The Labute approximate surface area is 91.9 Å². The maximum atomic E-state index is 5.72. The summed E-state index contributed by atoms with van der Waals surface area (Å²) in [5.41, 5.74) is 6.74. The van der Waals surface area contributed by atoms with Gasteiger partial charge in [-0.15, -0.1) is 0 Å². The molecule has 2 aromatic heterocycles. The fourth-order valence-corrected chi connectivity index (χ4v) is 1.71. The summed E-state index contributed by atoms with van der Waals surface area (Å²) in [6.45, 7) is 1.93. The molecule has 0 spiro atoms. The molecule has 15 heavy (non-hydrogen) atoms. The molecule has 78 valence electrons. The van der Waals surface area contributed by atoms with Gasteiger partial charge in [-0.25, -0.2) is 9.97 Å². The van der Waals surface area contributed by atoms with Gasteiger partial charge < -0.3 is 10.2 Å². The average Bonchev–Trinajstić information content (AvgIpc) is 2.71. The second kappa shape index (κ2) is 4.46. The topological polar surface area (TPSA) is 64.9 Å². The van der Waals surface area contributed by atoms with Crippen LogP contribution < -0.4 is 5.73 Å². The molecule has 0 amide bonds. The van der Waals surface area contributed by atoms with Crippen molar-refractivity contribution in [2.24, 2.45) is 5.73 Å². The summed E-state index contributed by atoms with van der Waals surface area (Å²) in [7, 11) is 0. The molecule has 1 atom stereocenters. The highest BCUT2D eigenvalue weighted by atomic mass is 32.2. The third-order valence-electron chi connectivity index (χ3n) is 1.89. The monoisotopic (exact) mass is 221 g/mol. The number of nitrogens with zero attached hydrogens (tertiary/aromatic N) is 2. The average molecular weight is 221 g/mol. The number of hydrogen-bond acceptors (Lipinski definition) is 5. The molecule has 0 saturated heterocycles. The van der Waals surface area contributed by atoms with Crippen LogP contribution in [0, 0.1) is 0 Å². The fraction of sp³-hybridized carbons (Fsp3) is 0.200. The third kappa shape index (κ3) is 2.57. The van der Waals surface area contributed by atoms with Crippen LogP contribution in [-0.2, 0) is 0 Å². The molecular weight excluding hydrogens is 210 g/mol. The first kappa shape index (κ1) is 10.2. The Kier molecular flexibility index (Phi) is 3.03. The molecule has 0 fully saturated rings. The van der Waals surface area contributed by atoms with Crippen molar-refractivity contribution < 1.29 is 4.42 Å². The number of hydrogen-bond donors (Lipinski definition) is 1. The molecule has 0 aliphatic carbocycles. The van der Waals surface area contributed by atoms with Gasteiger partial charge in [-0.05, 0) is 30.3 Å². The van der Waals surface area contributed by atoms with Gasteiger partial charge in [0.1, 0.15) is 11.3 Å². The SMILES string of the molecule is C[C@@H](N)c1ccc(Sc2ncco2)nc1. The van der Waals surface area contributed by atoms with Crippen LogP contribution in [-0.4, -0.2) is 9.97 Å². The maximum Gasteiger partial charge on any atom is 0.261 e. The zero-order chi connectivity index (χ0) is 10.7. The summed E-state index contributed by atoms with van der Waals surface area (Å²) in [6.07, 6.45) is 4.92. The Balaban J connectivity index is 2.11. The molecule has 0 aliphatic heterocycles. The lowest BCUT2D eigenvalue weighted by Crippen LogP contribution is -2.04. The Morgan fingerprint density at radius 3 is 2.80 bits per heavy atom. The minimum Gasteiger partial charge on any atom is -0.440 e. The first-order valence-electron chi connectivity index (χ1n) is 4.54. The van der Waals surface area contributed by atoms with E-state index in [0.29, 0.717) is 5.22 Å². The van der Waals surface area contributed by atoms with Gasteiger partial charge in [-0.3, -0.25) is 0 Å². The maximum absolute atomic E-state index is 5.72. The molecule has 2 aromatic rings. The molecule has 5 heteroatoms. The Morgan fingerprint density at radius 2 is 2.27 bits per heavy atom. The van der Waals surface area contributed by atoms with Crippen molar-refractivity contribution in [2.45, 2.75) is 23.2 Å². The van der Waals surface area contributed by atoms with Crippen LogP contribution in [0.1, 0.15) is 18.5 Å². The van der Waals surface area contributed by atoms with Crippen molar-refractivity contribution in [3.8, 4) is 0 Å². The van der Waals surface area contributed by atoms with Gasteiger partial charge >= 0.3 is 0 Å². The van der Waals surface area contributed by atoms with Crippen LogP contribution in [0.4, 0.5) is 0 Å². The lowest BCUT2D eigenvalue weighted by Gasteiger charge is -2.04. The third-order valence-corrected chi connectivity index (χ3v) is 2.71. The van der Waals surface area contributed by atoms with E-state index in [4.69, 9.17) is 10.2 Å². The summed E-state index contributed by atoms with van der Waals surface area (Å²) in [5, 5.41) is 1.44. The summed E-state index contributed by atoms with van der Waals surface area (Å²) in [5.74, 6) is 0. The van der Waals surface area contributed by atoms with Crippen molar-refractivity contribution in [3.05, 3.63) is 36.4 Å². The second-order valence-corrected chi connectivity index (χ2v) is 4.09. The Hall–Kier alpha value is -1.33. The molecular formula is C10H11N3OS. The van der Waals surface area contributed by atoms with Crippen LogP contribution in [0.2, 0.25) is 0 Å². The van der Waals surface area contributed by atoms with E-state index in [1.54, 1.807) is 18.7 Å². The van der Waals surface area contributed by atoms with Crippen LogP contribution in [0.15, 0.2) is 45.5 Å². The van der Waals surface area contributed by atoms with Crippen molar-refractivity contribution in [2.75, 3.05) is 0 Å². The van der Waals surface area contributed by atoms with Gasteiger partial charge in [0.15, 0.2) is 0 Å². The van der Waals surface area contributed by atoms with Crippen molar-refractivity contribution in [3.63, 3.8) is 0 Å². The summed E-state index contributed by atoms with van der Waals surface area (Å²) in [6, 6.07) is 3.88. The molecule has 2 rings (SSSR count). The summed E-state index contributed by atoms with van der Waals surface area (Å²) < 4.78 is 5.10. The van der Waals surface area contributed by atoms with E-state index in [9.17, 15) is 0 Å². The lowest BCUT2D eigenvalue weighted by molar-refractivity contribution is 0.454. The molecule has 0 aliphatic rings. The van der Waals surface area contributed by atoms with Gasteiger partial charge in [-0.1, -0.05) is 6.07 Å². The minimum atomic E-state index is 0.0123. The number of rotatable bonds is 3. The van der Waals surface area contributed by atoms with Gasteiger partial charge in [-0.2, -0.15) is 0 Å². The number of oxazole rings is 1. The van der Waals surface area contributed by atoms with Crippen LogP contribution in [0.5, 0.6) is 0 Å². The molecule has 0 radical (unpaired) electrons. The zero-order valence-corrected chi connectivity index (χ0v) is 9.07. The van der Waals surface area contributed by atoms with Crippen LogP contribution in [0.3, 0.4) is 0 Å². The molecule has 0 saturated carbocycles. The zero-order valence-electron chi connectivity index (χ0n) is 8.25.